The summed E-state index contributed by atoms with van der Waals surface area (Å²) in [6.45, 7) is 3.94. The van der Waals surface area contributed by atoms with Gasteiger partial charge in [-0.05, 0) is 19.9 Å². The van der Waals surface area contributed by atoms with Gasteiger partial charge in [0, 0.05) is 16.3 Å². The van der Waals surface area contributed by atoms with Crippen LogP contribution in [0, 0.1) is 13.8 Å². The second-order valence-corrected chi connectivity index (χ2v) is 5.55. The summed E-state index contributed by atoms with van der Waals surface area (Å²) in [7, 11) is 0. The highest BCUT2D eigenvalue weighted by molar-refractivity contribution is 7.09. The van der Waals surface area contributed by atoms with Crippen molar-refractivity contribution < 1.29 is 13.9 Å². The number of rotatable bonds is 3. The molecule has 0 bridgehead atoms. The van der Waals surface area contributed by atoms with Gasteiger partial charge in [-0.1, -0.05) is 18.2 Å². The maximum absolute atomic E-state index is 12.1. The first-order chi connectivity index (χ1) is 9.65. The van der Waals surface area contributed by atoms with Crippen LogP contribution in [0.4, 0.5) is 0 Å². The van der Waals surface area contributed by atoms with Crippen molar-refractivity contribution in [3.05, 3.63) is 51.7 Å². The summed E-state index contributed by atoms with van der Waals surface area (Å²) >= 11 is 1.53. The lowest BCUT2D eigenvalue weighted by Crippen LogP contribution is -2.05. The average molecular weight is 287 g/mol. The molecule has 0 N–H and O–H groups in total. The quantitative estimate of drug-likeness (QED) is 0.686. The molecule has 0 aliphatic heterocycles. The normalized spacial score (nSPS) is 10.9. The summed E-state index contributed by atoms with van der Waals surface area (Å²) < 4.78 is 10.8. The molecule has 0 spiro atoms. The lowest BCUT2D eigenvalue weighted by atomic mass is 10.1. The lowest BCUT2D eigenvalue weighted by molar-refractivity contribution is 0.0433. The molecule has 3 rings (SSSR count). The number of thiazole rings is 1. The number of benzene rings is 1. The van der Waals surface area contributed by atoms with Gasteiger partial charge in [0.1, 0.15) is 12.2 Å². The number of furan rings is 1. The Labute approximate surface area is 120 Å². The molecule has 4 nitrogen and oxygen atoms in total. The van der Waals surface area contributed by atoms with Crippen LogP contribution >= 0.6 is 11.3 Å². The number of carbonyl (C=O) groups is 1. The molecule has 3 aromatic rings. The fraction of sp³-hybridized carbons (Fsp3) is 0.200. The zero-order valence-corrected chi connectivity index (χ0v) is 12.0. The predicted molar refractivity (Wildman–Crippen MR) is 76.9 cm³/mol. The molecule has 5 heteroatoms. The zero-order chi connectivity index (χ0) is 14.1. The van der Waals surface area contributed by atoms with Crippen molar-refractivity contribution in [2.75, 3.05) is 0 Å². The van der Waals surface area contributed by atoms with E-state index in [0.29, 0.717) is 5.58 Å². The van der Waals surface area contributed by atoms with Crippen LogP contribution in [-0.4, -0.2) is 11.0 Å². The predicted octanol–water partition coefficient (Wildman–Crippen LogP) is 3.86. The third-order valence-corrected chi connectivity index (χ3v) is 3.87. The van der Waals surface area contributed by atoms with Gasteiger partial charge < -0.3 is 9.15 Å². The van der Waals surface area contributed by atoms with Gasteiger partial charge in [-0.15, -0.1) is 11.3 Å². The molecule has 1 aromatic carbocycles. The van der Waals surface area contributed by atoms with Crippen LogP contribution in [0.15, 0.2) is 34.1 Å². The first kappa shape index (κ1) is 12.9. The Balaban J connectivity index is 1.80. The maximum Gasteiger partial charge on any atom is 0.374 e. The molecule has 2 aromatic heterocycles. The molecular formula is C15H13NO3S. The molecule has 0 radical (unpaired) electrons. The first-order valence-corrected chi connectivity index (χ1v) is 7.09. The third-order valence-electron chi connectivity index (χ3n) is 3.05. The van der Waals surface area contributed by atoms with Crippen LogP contribution in [0.5, 0.6) is 0 Å². The highest BCUT2D eigenvalue weighted by atomic mass is 32.1. The van der Waals surface area contributed by atoms with E-state index in [2.05, 4.69) is 4.98 Å². The number of carbonyl (C=O) groups excluding carboxylic acids is 1. The molecule has 0 unspecified atom stereocenters. The van der Waals surface area contributed by atoms with Crippen LogP contribution in [0.1, 0.15) is 26.8 Å². The number of ether oxygens (including phenoxy) is 1. The van der Waals surface area contributed by atoms with Crippen molar-refractivity contribution in [3.63, 3.8) is 0 Å². The van der Waals surface area contributed by atoms with Crippen LogP contribution in [0.2, 0.25) is 0 Å². The highest BCUT2D eigenvalue weighted by Crippen LogP contribution is 2.25. The van der Waals surface area contributed by atoms with Gasteiger partial charge >= 0.3 is 5.97 Å². The van der Waals surface area contributed by atoms with E-state index in [1.165, 1.54) is 11.3 Å². The van der Waals surface area contributed by atoms with Gasteiger partial charge in [-0.2, -0.15) is 0 Å². The van der Waals surface area contributed by atoms with Crippen molar-refractivity contribution in [1.29, 1.82) is 0 Å². The fourth-order valence-corrected chi connectivity index (χ4v) is 2.65. The minimum Gasteiger partial charge on any atom is -0.453 e. The molecular weight excluding hydrogens is 274 g/mol. The van der Waals surface area contributed by atoms with Gasteiger partial charge in [0.15, 0.2) is 0 Å². The standard InChI is InChI=1S/C15H13NO3S/c1-9-12-5-3-4-6-13(12)19-14(9)15(17)18-7-11-8-20-10(2)16-11/h3-6,8H,7H2,1-2H3. The number of hydrogen-bond acceptors (Lipinski definition) is 5. The molecule has 0 aliphatic carbocycles. The van der Waals surface area contributed by atoms with Crippen LogP contribution in [-0.2, 0) is 11.3 Å². The molecule has 20 heavy (non-hydrogen) atoms. The Bertz CT molecular complexity index is 772. The summed E-state index contributed by atoms with van der Waals surface area (Å²) in [5.74, 6) is -0.192. The summed E-state index contributed by atoms with van der Waals surface area (Å²) in [5, 5.41) is 3.77. The van der Waals surface area contributed by atoms with E-state index in [4.69, 9.17) is 9.15 Å². The number of esters is 1. The fourth-order valence-electron chi connectivity index (χ4n) is 2.05. The van der Waals surface area contributed by atoms with E-state index >= 15 is 0 Å². The molecule has 0 saturated carbocycles. The monoisotopic (exact) mass is 287 g/mol. The van der Waals surface area contributed by atoms with Crippen molar-refractivity contribution in [3.8, 4) is 0 Å². The third kappa shape index (κ3) is 2.32. The molecule has 102 valence electrons. The number of fused-ring (bicyclic) bond motifs is 1. The first-order valence-electron chi connectivity index (χ1n) is 6.21. The van der Waals surface area contributed by atoms with Crippen LogP contribution < -0.4 is 0 Å². The van der Waals surface area contributed by atoms with Crippen molar-refractivity contribution in [2.24, 2.45) is 0 Å². The second-order valence-electron chi connectivity index (χ2n) is 4.49. The van der Waals surface area contributed by atoms with E-state index in [-0.39, 0.29) is 12.4 Å². The molecule has 0 amide bonds. The molecule has 2 heterocycles. The Morgan fingerprint density at radius 3 is 2.85 bits per heavy atom. The summed E-state index contributed by atoms with van der Waals surface area (Å²) in [6, 6.07) is 7.55. The van der Waals surface area contributed by atoms with Gasteiger partial charge in [0.05, 0.1) is 10.7 Å². The molecule has 0 aliphatic rings. The Kier molecular flexibility index (Phi) is 3.28. The Hall–Kier alpha value is -2.14. The average Bonchev–Trinajstić information content (AvgIpc) is 3.01. The van der Waals surface area contributed by atoms with Gasteiger partial charge in [0.2, 0.25) is 5.76 Å². The summed E-state index contributed by atoms with van der Waals surface area (Å²) in [5.41, 5.74) is 2.26. The molecule has 0 fully saturated rings. The second kappa shape index (κ2) is 5.09. The Morgan fingerprint density at radius 2 is 2.15 bits per heavy atom. The van der Waals surface area contributed by atoms with Crippen LogP contribution in [0.25, 0.3) is 11.0 Å². The topological polar surface area (TPSA) is 52.3 Å². The molecule has 0 saturated heterocycles. The number of aryl methyl sites for hydroxylation is 2. The van der Waals surface area contributed by atoms with E-state index in [9.17, 15) is 4.79 Å². The summed E-state index contributed by atoms with van der Waals surface area (Å²) in [4.78, 5) is 16.3. The van der Waals surface area contributed by atoms with Crippen molar-refractivity contribution >= 4 is 28.3 Å². The SMILES string of the molecule is Cc1nc(COC(=O)c2oc3ccccc3c2C)cs1. The van der Waals surface area contributed by atoms with Gasteiger partial charge in [0.25, 0.3) is 0 Å². The smallest absolute Gasteiger partial charge is 0.374 e. The van der Waals surface area contributed by atoms with E-state index in [1.54, 1.807) is 0 Å². The highest BCUT2D eigenvalue weighted by Gasteiger charge is 2.19. The Morgan fingerprint density at radius 1 is 1.35 bits per heavy atom. The maximum atomic E-state index is 12.1. The largest absolute Gasteiger partial charge is 0.453 e. The minimum atomic E-state index is -0.454. The van der Waals surface area contributed by atoms with E-state index < -0.39 is 5.97 Å². The van der Waals surface area contributed by atoms with Gasteiger partial charge in [-0.25, -0.2) is 9.78 Å². The number of para-hydroxylation sites is 1. The molecule has 0 atom stereocenters. The van der Waals surface area contributed by atoms with Gasteiger partial charge in [-0.3, -0.25) is 0 Å². The number of aromatic nitrogens is 1. The zero-order valence-electron chi connectivity index (χ0n) is 11.2. The lowest BCUT2D eigenvalue weighted by Gasteiger charge is -2.00. The van der Waals surface area contributed by atoms with Crippen molar-refractivity contribution in [1.82, 2.24) is 4.98 Å². The van der Waals surface area contributed by atoms with E-state index in [0.717, 1.165) is 21.7 Å². The van der Waals surface area contributed by atoms with Crippen molar-refractivity contribution in [2.45, 2.75) is 20.5 Å². The number of hydrogen-bond donors (Lipinski definition) is 0. The number of nitrogens with zero attached hydrogens (tertiary/aromatic N) is 1. The van der Waals surface area contributed by atoms with E-state index in [1.807, 2.05) is 43.5 Å². The van der Waals surface area contributed by atoms with Crippen LogP contribution in [0.3, 0.4) is 0 Å². The minimum absolute atomic E-state index is 0.166. The summed E-state index contributed by atoms with van der Waals surface area (Å²) in [6.07, 6.45) is 0.